The number of alkyl halides is 2. The highest BCUT2D eigenvalue weighted by Gasteiger charge is 2.23. The van der Waals surface area contributed by atoms with Gasteiger partial charge in [0.1, 0.15) is 0 Å². The summed E-state index contributed by atoms with van der Waals surface area (Å²) in [5.74, 6) is -1.85. The third-order valence-electron chi connectivity index (χ3n) is 2.95. The first-order valence-electron chi connectivity index (χ1n) is 6.05. The molecule has 0 atom stereocenters. The maximum absolute atomic E-state index is 14.2. The number of halogens is 4. The Balaban J connectivity index is 2.71. The van der Waals surface area contributed by atoms with Crippen LogP contribution in [-0.4, -0.2) is 23.0 Å². The predicted molar refractivity (Wildman–Crippen MR) is 73.5 cm³/mol. The molecule has 0 aliphatic carbocycles. The van der Waals surface area contributed by atoms with Crippen LogP contribution in [0.4, 0.5) is 13.2 Å². The van der Waals surface area contributed by atoms with Gasteiger partial charge in [0.2, 0.25) is 0 Å². The average Bonchev–Trinajstić information content (AvgIpc) is 2.49. The molecule has 0 amide bonds. The molecule has 0 radical (unpaired) electrons. The van der Waals surface area contributed by atoms with Crippen molar-refractivity contribution < 1.29 is 22.7 Å². The van der Waals surface area contributed by atoms with Crippen LogP contribution in [0.15, 0.2) is 18.3 Å². The van der Waals surface area contributed by atoms with E-state index in [9.17, 15) is 18.0 Å². The topological polar surface area (TPSA) is 52.1 Å². The van der Waals surface area contributed by atoms with E-state index in [1.165, 1.54) is 6.92 Å². The van der Waals surface area contributed by atoms with Crippen LogP contribution >= 0.6 is 11.6 Å². The van der Waals surface area contributed by atoms with E-state index in [1.54, 1.807) is 0 Å². The van der Waals surface area contributed by atoms with Gasteiger partial charge in [0.05, 0.1) is 29.7 Å². The molecule has 0 bridgehead atoms. The number of aryl methyl sites for hydroxylation is 1. The van der Waals surface area contributed by atoms with Gasteiger partial charge in [0, 0.05) is 11.1 Å². The van der Waals surface area contributed by atoms with Crippen LogP contribution in [0.5, 0.6) is 0 Å². The second kappa shape index (κ2) is 6.31. The van der Waals surface area contributed by atoms with Crippen molar-refractivity contribution in [3.63, 3.8) is 0 Å². The van der Waals surface area contributed by atoms with Crippen molar-refractivity contribution >= 4 is 17.6 Å². The van der Waals surface area contributed by atoms with Crippen LogP contribution in [-0.2, 0) is 4.74 Å². The molecule has 0 spiro atoms. The van der Waals surface area contributed by atoms with Crippen LogP contribution < -0.4 is 0 Å². The fourth-order valence-corrected chi connectivity index (χ4v) is 2.03. The van der Waals surface area contributed by atoms with Crippen LogP contribution in [0.3, 0.4) is 0 Å². The monoisotopic (exact) mass is 330 g/mol. The minimum Gasteiger partial charge on any atom is -0.464 e. The molecule has 2 aromatic rings. The summed E-state index contributed by atoms with van der Waals surface area (Å²) in [4.78, 5) is 19.4. The lowest BCUT2D eigenvalue weighted by Crippen LogP contribution is -2.10. The molecular weight excluding hydrogens is 321 g/mol. The highest BCUT2D eigenvalue weighted by atomic mass is 35.5. The number of carbonyl (C=O) groups is 1. The number of hydrogen-bond donors (Lipinski definition) is 0. The summed E-state index contributed by atoms with van der Waals surface area (Å²) in [6.45, 7) is 1.49. The summed E-state index contributed by atoms with van der Waals surface area (Å²) in [6.07, 6.45) is -1.84. The van der Waals surface area contributed by atoms with Gasteiger partial charge in [0.15, 0.2) is 11.5 Å². The van der Waals surface area contributed by atoms with Gasteiger partial charge in [-0.3, -0.25) is 4.98 Å². The highest BCUT2D eigenvalue weighted by molar-refractivity contribution is 6.31. The number of nitrogens with zero attached hydrogens (tertiary/aromatic N) is 2. The molecule has 0 saturated heterocycles. The van der Waals surface area contributed by atoms with Crippen molar-refractivity contribution in [2.45, 2.75) is 13.3 Å². The number of esters is 1. The smallest absolute Gasteiger partial charge is 0.358 e. The SMILES string of the molecule is COC(=O)c1nc(-c2c(C(F)F)ccc(Cl)c2F)cnc1C. The Morgan fingerprint density at radius 3 is 2.64 bits per heavy atom. The lowest BCUT2D eigenvalue weighted by molar-refractivity contribution is 0.0592. The van der Waals surface area contributed by atoms with Crippen molar-refractivity contribution in [2.24, 2.45) is 0 Å². The molecule has 2 rings (SSSR count). The van der Waals surface area contributed by atoms with Gasteiger partial charge >= 0.3 is 5.97 Å². The number of ether oxygens (including phenoxy) is 1. The van der Waals surface area contributed by atoms with Gasteiger partial charge < -0.3 is 4.74 Å². The third kappa shape index (κ3) is 2.89. The second-order valence-electron chi connectivity index (χ2n) is 4.31. The van der Waals surface area contributed by atoms with Gasteiger partial charge in [-0.15, -0.1) is 0 Å². The molecule has 1 heterocycles. The average molecular weight is 331 g/mol. The number of aromatic nitrogens is 2. The number of carbonyl (C=O) groups excluding carboxylic acids is 1. The Kier molecular flexibility index (Phi) is 4.65. The van der Waals surface area contributed by atoms with Crippen LogP contribution in [0.1, 0.15) is 28.2 Å². The molecule has 0 aliphatic rings. The predicted octanol–water partition coefficient (Wildman–Crippen LogP) is 3.97. The van der Waals surface area contributed by atoms with E-state index in [-0.39, 0.29) is 22.1 Å². The van der Waals surface area contributed by atoms with E-state index in [4.69, 9.17) is 11.6 Å². The van der Waals surface area contributed by atoms with Gasteiger partial charge in [-0.25, -0.2) is 22.9 Å². The standard InChI is InChI=1S/C14H10ClF3N2O2/c1-6-12(14(21)22-2)20-9(5-19-6)10-7(13(17)18)3-4-8(15)11(10)16/h3-5,13H,1-2H3. The summed E-state index contributed by atoms with van der Waals surface area (Å²) in [7, 11) is 1.14. The largest absolute Gasteiger partial charge is 0.464 e. The Labute approximate surface area is 128 Å². The van der Waals surface area contributed by atoms with E-state index < -0.39 is 29.3 Å². The number of methoxy groups -OCH3 is 1. The van der Waals surface area contributed by atoms with E-state index in [1.807, 2.05) is 0 Å². The zero-order valence-corrected chi connectivity index (χ0v) is 12.3. The minimum atomic E-state index is -2.94. The third-order valence-corrected chi connectivity index (χ3v) is 3.24. The van der Waals surface area contributed by atoms with Gasteiger partial charge in [-0.2, -0.15) is 0 Å². The van der Waals surface area contributed by atoms with Gasteiger partial charge in [-0.1, -0.05) is 17.7 Å². The first-order valence-corrected chi connectivity index (χ1v) is 6.43. The fraction of sp³-hybridized carbons (Fsp3) is 0.214. The van der Waals surface area contributed by atoms with Gasteiger partial charge in [0.25, 0.3) is 6.43 Å². The molecule has 4 nitrogen and oxygen atoms in total. The van der Waals surface area contributed by atoms with Crippen LogP contribution in [0, 0.1) is 12.7 Å². The van der Waals surface area contributed by atoms with E-state index in [0.29, 0.717) is 0 Å². The van der Waals surface area contributed by atoms with Crippen molar-refractivity contribution in [1.29, 1.82) is 0 Å². The maximum atomic E-state index is 14.2. The lowest BCUT2D eigenvalue weighted by Gasteiger charge is -2.12. The molecule has 1 aromatic carbocycles. The summed E-state index contributed by atoms with van der Waals surface area (Å²) in [6, 6.07) is 2.04. The van der Waals surface area contributed by atoms with Crippen molar-refractivity contribution in [2.75, 3.05) is 7.11 Å². The van der Waals surface area contributed by atoms with E-state index >= 15 is 0 Å². The first kappa shape index (κ1) is 16.2. The normalized spacial score (nSPS) is 10.9. The number of rotatable bonds is 3. The maximum Gasteiger partial charge on any atom is 0.358 e. The second-order valence-corrected chi connectivity index (χ2v) is 4.71. The van der Waals surface area contributed by atoms with Crippen LogP contribution in [0.2, 0.25) is 5.02 Å². The Morgan fingerprint density at radius 2 is 2.05 bits per heavy atom. The molecule has 0 saturated carbocycles. The summed E-state index contributed by atoms with van der Waals surface area (Å²) in [5.41, 5.74) is -1.24. The zero-order valence-electron chi connectivity index (χ0n) is 11.5. The number of benzene rings is 1. The van der Waals surface area contributed by atoms with Crippen molar-refractivity contribution in [3.05, 3.63) is 46.1 Å². The summed E-state index contributed by atoms with van der Waals surface area (Å²) in [5, 5.41) is -0.332. The van der Waals surface area contributed by atoms with Crippen LogP contribution in [0.25, 0.3) is 11.3 Å². The quantitative estimate of drug-likeness (QED) is 0.799. The first-order chi connectivity index (χ1) is 10.4. The molecule has 0 fully saturated rings. The minimum absolute atomic E-state index is 0.181. The molecule has 22 heavy (non-hydrogen) atoms. The Hall–Kier alpha value is -2.15. The number of hydrogen-bond acceptors (Lipinski definition) is 4. The summed E-state index contributed by atoms with van der Waals surface area (Å²) < 4.78 is 44.9. The Morgan fingerprint density at radius 1 is 1.36 bits per heavy atom. The van der Waals surface area contributed by atoms with Crippen molar-refractivity contribution in [1.82, 2.24) is 9.97 Å². The molecular formula is C14H10ClF3N2O2. The molecule has 0 unspecified atom stereocenters. The van der Waals surface area contributed by atoms with Gasteiger partial charge in [-0.05, 0) is 13.0 Å². The lowest BCUT2D eigenvalue weighted by atomic mass is 10.0. The molecule has 116 valence electrons. The molecule has 0 N–H and O–H groups in total. The molecule has 1 aromatic heterocycles. The van der Waals surface area contributed by atoms with E-state index in [2.05, 4.69) is 14.7 Å². The van der Waals surface area contributed by atoms with Crippen molar-refractivity contribution in [3.8, 4) is 11.3 Å². The summed E-state index contributed by atoms with van der Waals surface area (Å²) >= 11 is 5.64. The molecule has 0 aliphatic heterocycles. The van der Waals surface area contributed by atoms with E-state index in [0.717, 1.165) is 25.4 Å². The molecule has 8 heteroatoms. The highest BCUT2D eigenvalue weighted by Crippen LogP contribution is 2.35. The fourth-order valence-electron chi connectivity index (χ4n) is 1.87. The Bertz CT molecular complexity index is 738. The zero-order chi connectivity index (χ0) is 16.4.